The van der Waals surface area contributed by atoms with Gasteiger partial charge in [0.25, 0.3) is 0 Å². The van der Waals surface area contributed by atoms with Crippen molar-refractivity contribution in [2.24, 2.45) is 5.92 Å². The van der Waals surface area contributed by atoms with Gasteiger partial charge in [-0.1, -0.05) is 120 Å². The molecular weight excluding hydrogens is 683 g/mol. The van der Waals surface area contributed by atoms with Crippen LogP contribution in [-0.4, -0.2) is 25.8 Å². The number of aromatic amines is 1. The second-order valence-electron chi connectivity index (χ2n) is 12.0. The van der Waals surface area contributed by atoms with E-state index in [1.165, 1.54) is 6.07 Å². The van der Waals surface area contributed by atoms with Crippen molar-refractivity contribution in [3.8, 4) is 11.5 Å². The summed E-state index contributed by atoms with van der Waals surface area (Å²) >= 11 is 13.0. The van der Waals surface area contributed by atoms with Gasteiger partial charge in [-0.05, 0) is 53.1 Å². The van der Waals surface area contributed by atoms with Gasteiger partial charge in [-0.3, -0.25) is 4.79 Å². The number of hydrogen-bond donors (Lipinski definition) is 0. The highest BCUT2D eigenvalue weighted by Crippen LogP contribution is 2.41. The number of esters is 1. The zero-order valence-corrected chi connectivity index (χ0v) is 28.6. The van der Waals surface area contributed by atoms with Crippen LogP contribution < -0.4 is 14.5 Å². The molecule has 1 N–H and O–H groups in total. The molecule has 10 heteroatoms. The average Bonchev–Trinajstić information content (AvgIpc) is 3.97. The first-order valence-corrected chi connectivity index (χ1v) is 17.1. The van der Waals surface area contributed by atoms with Gasteiger partial charge in [0, 0.05) is 12.0 Å². The van der Waals surface area contributed by atoms with Gasteiger partial charge in [0.15, 0.2) is 23.9 Å². The summed E-state index contributed by atoms with van der Waals surface area (Å²) < 4.78 is 50.0. The number of alkyl halides is 2. The standard InChI is InChI=1S/C40H35Cl2F2NO5/c41-33-24-45-25-34(42)32(33)23-36(28-18-19-35(50-39(43)44)37(22-28)47-26-27-16-17-27)49-38(46)20-21-48-40(29-10-4-1-5-11-29,30-12-6-2-7-13-30)31-14-8-3-9-15-31/h1-15,18-19,22,24-25,27,36,39H,16-17,20-21,23,26H2/p+1/t36-/m0/s1. The van der Waals surface area contributed by atoms with Crippen LogP contribution in [0, 0.1) is 5.92 Å². The number of ether oxygens (including phenoxy) is 4. The Balaban J connectivity index is 1.28. The summed E-state index contributed by atoms with van der Waals surface area (Å²) in [6.45, 7) is -2.66. The van der Waals surface area contributed by atoms with Crippen molar-refractivity contribution in [1.29, 1.82) is 0 Å². The van der Waals surface area contributed by atoms with Crippen molar-refractivity contribution in [2.45, 2.75) is 44.0 Å². The molecule has 1 heterocycles. The molecule has 0 spiro atoms. The van der Waals surface area contributed by atoms with Crippen LogP contribution in [0.1, 0.15) is 53.2 Å². The molecule has 0 unspecified atom stereocenters. The molecular formula is C40H36Cl2F2NO5+. The molecule has 0 radical (unpaired) electrons. The monoisotopic (exact) mass is 718 g/mol. The Bertz CT molecular complexity index is 1740. The zero-order valence-electron chi connectivity index (χ0n) is 27.1. The Morgan fingerprint density at radius 2 is 1.36 bits per heavy atom. The second-order valence-corrected chi connectivity index (χ2v) is 12.8. The first-order chi connectivity index (χ1) is 24.3. The third-order valence-corrected chi connectivity index (χ3v) is 9.23. The molecule has 1 aromatic heterocycles. The highest BCUT2D eigenvalue weighted by atomic mass is 35.5. The van der Waals surface area contributed by atoms with E-state index in [4.69, 9.17) is 42.1 Å². The van der Waals surface area contributed by atoms with E-state index in [0.717, 1.165) is 29.5 Å². The minimum Gasteiger partial charge on any atom is -0.489 e. The minimum atomic E-state index is -3.04. The maximum Gasteiger partial charge on any atom is 0.387 e. The molecule has 5 aromatic rings. The van der Waals surface area contributed by atoms with Gasteiger partial charge in [-0.15, -0.1) is 0 Å². The number of benzene rings is 4. The average molecular weight is 720 g/mol. The number of carbonyl (C=O) groups excluding carboxylic acids is 1. The first kappa shape index (κ1) is 35.3. The summed E-state index contributed by atoms with van der Waals surface area (Å²) in [5.41, 5.74) is 2.74. The number of halogens is 4. The largest absolute Gasteiger partial charge is 0.489 e. The number of hydrogen-bond acceptors (Lipinski definition) is 5. The highest BCUT2D eigenvalue weighted by Gasteiger charge is 2.38. The van der Waals surface area contributed by atoms with Crippen molar-refractivity contribution in [2.75, 3.05) is 13.2 Å². The molecule has 1 atom stereocenters. The van der Waals surface area contributed by atoms with Crippen LogP contribution in [0.3, 0.4) is 0 Å². The summed E-state index contributed by atoms with van der Waals surface area (Å²) in [4.78, 5) is 16.6. The minimum absolute atomic E-state index is 0.0168. The lowest BCUT2D eigenvalue weighted by Gasteiger charge is -2.36. The highest BCUT2D eigenvalue weighted by molar-refractivity contribution is 6.35. The number of aromatic nitrogens is 1. The molecule has 0 amide bonds. The Labute approximate surface area is 299 Å². The van der Waals surface area contributed by atoms with E-state index in [1.54, 1.807) is 24.5 Å². The third kappa shape index (κ3) is 8.62. The van der Waals surface area contributed by atoms with Gasteiger partial charge in [0.2, 0.25) is 0 Å². The molecule has 4 aromatic carbocycles. The predicted octanol–water partition coefficient (Wildman–Crippen LogP) is 9.42. The zero-order chi connectivity index (χ0) is 34.9. The van der Waals surface area contributed by atoms with Crippen LogP contribution in [-0.2, 0) is 26.3 Å². The molecule has 1 aliphatic carbocycles. The van der Waals surface area contributed by atoms with E-state index in [9.17, 15) is 13.6 Å². The van der Waals surface area contributed by atoms with Gasteiger partial charge in [-0.25, -0.2) is 4.98 Å². The number of pyridine rings is 1. The topological polar surface area (TPSA) is 68.1 Å². The lowest BCUT2D eigenvalue weighted by Crippen LogP contribution is -2.34. The van der Waals surface area contributed by atoms with Crippen LogP contribution in [0.15, 0.2) is 122 Å². The van der Waals surface area contributed by atoms with Gasteiger partial charge in [0.05, 0.1) is 19.6 Å². The number of H-pyrrole nitrogens is 1. The van der Waals surface area contributed by atoms with Gasteiger partial charge in [0.1, 0.15) is 21.8 Å². The molecule has 0 bridgehead atoms. The molecule has 1 aliphatic rings. The molecule has 50 heavy (non-hydrogen) atoms. The summed E-state index contributed by atoms with van der Waals surface area (Å²) in [5.74, 6) is -0.149. The summed E-state index contributed by atoms with van der Waals surface area (Å²) in [6.07, 6.45) is 4.30. The Morgan fingerprint density at radius 1 is 0.800 bits per heavy atom. The van der Waals surface area contributed by atoms with E-state index >= 15 is 0 Å². The Kier molecular flexibility index (Phi) is 11.6. The van der Waals surface area contributed by atoms with Gasteiger partial charge in [-0.2, -0.15) is 8.78 Å². The van der Waals surface area contributed by atoms with Crippen molar-refractivity contribution in [1.82, 2.24) is 0 Å². The lowest BCUT2D eigenvalue weighted by atomic mass is 9.80. The maximum atomic E-state index is 13.7. The van der Waals surface area contributed by atoms with E-state index in [-0.39, 0.29) is 30.9 Å². The molecule has 0 aliphatic heterocycles. The fraction of sp³-hybridized carbons (Fsp3) is 0.250. The van der Waals surface area contributed by atoms with Crippen molar-refractivity contribution in [3.05, 3.63) is 159 Å². The molecule has 1 fully saturated rings. The van der Waals surface area contributed by atoms with E-state index in [0.29, 0.717) is 33.7 Å². The van der Waals surface area contributed by atoms with Crippen LogP contribution in [0.5, 0.6) is 11.5 Å². The smallest absolute Gasteiger partial charge is 0.387 e. The van der Waals surface area contributed by atoms with Crippen LogP contribution >= 0.6 is 23.2 Å². The van der Waals surface area contributed by atoms with Crippen molar-refractivity contribution >= 4 is 29.2 Å². The third-order valence-electron chi connectivity index (χ3n) is 8.55. The first-order valence-electron chi connectivity index (χ1n) is 16.4. The van der Waals surface area contributed by atoms with E-state index in [1.807, 2.05) is 91.0 Å². The van der Waals surface area contributed by atoms with Crippen LogP contribution in [0.25, 0.3) is 0 Å². The normalized spacial score (nSPS) is 13.5. The number of nitrogens with one attached hydrogen (secondary N) is 1. The van der Waals surface area contributed by atoms with Crippen LogP contribution in [0.4, 0.5) is 8.78 Å². The summed E-state index contributed by atoms with van der Waals surface area (Å²) in [6, 6.07) is 34.1. The molecule has 1 saturated carbocycles. The second kappa shape index (κ2) is 16.5. The Morgan fingerprint density at radius 3 is 1.88 bits per heavy atom. The lowest BCUT2D eigenvalue weighted by molar-refractivity contribution is -0.377. The van der Waals surface area contributed by atoms with E-state index in [2.05, 4.69) is 4.98 Å². The predicted molar refractivity (Wildman–Crippen MR) is 187 cm³/mol. The molecule has 0 saturated heterocycles. The molecule has 6 rings (SSSR count). The van der Waals surface area contributed by atoms with Gasteiger partial charge >= 0.3 is 12.6 Å². The summed E-state index contributed by atoms with van der Waals surface area (Å²) in [5, 5.41) is 0.700. The quantitative estimate of drug-likeness (QED) is 0.0751. The number of rotatable bonds is 16. The summed E-state index contributed by atoms with van der Waals surface area (Å²) in [7, 11) is 0. The maximum absolute atomic E-state index is 13.7. The van der Waals surface area contributed by atoms with Crippen molar-refractivity contribution < 1.29 is 37.5 Å². The van der Waals surface area contributed by atoms with Crippen molar-refractivity contribution in [3.63, 3.8) is 0 Å². The fourth-order valence-electron chi connectivity index (χ4n) is 5.88. The number of carbonyl (C=O) groups is 1. The van der Waals surface area contributed by atoms with Gasteiger partial charge < -0.3 is 18.9 Å². The Hall–Kier alpha value is -4.50. The fourth-order valence-corrected chi connectivity index (χ4v) is 6.41. The van der Waals surface area contributed by atoms with E-state index < -0.39 is 24.3 Å². The molecule has 6 nitrogen and oxygen atoms in total. The van der Waals surface area contributed by atoms with Crippen LogP contribution in [0.2, 0.25) is 10.0 Å². The SMILES string of the molecule is O=C(CCOC(c1ccccc1)(c1ccccc1)c1ccccc1)O[C@@H](Cc1c(Cl)c[nH+]cc1Cl)c1ccc(OC(F)F)c(OCC2CC2)c1. The molecule has 258 valence electrons.